The molecular formula is C15H25N3O3S. The summed E-state index contributed by atoms with van der Waals surface area (Å²) in [5, 5.41) is 3.01. The number of ether oxygens (including phenoxy) is 1. The first-order valence-corrected chi connectivity index (χ1v) is 9.15. The fourth-order valence-corrected chi connectivity index (χ4v) is 2.95. The molecule has 0 fully saturated rings. The Morgan fingerprint density at radius 2 is 2.14 bits per heavy atom. The Balaban J connectivity index is 2.53. The normalized spacial score (nSPS) is 12.4. The highest BCUT2D eigenvalue weighted by molar-refractivity contribution is 7.90. The first-order valence-electron chi connectivity index (χ1n) is 7.25. The minimum Gasteiger partial charge on any atom is -0.382 e. The molecule has 0 atom stereocenters. The maximum absolute atomic E-state index is 11.6. The molecule has 1 aromatic carbocycles. The van der Waals surface area contributed by atoms with Crippen LogP contribution in [-0.2, 0) is 21.1 Å². The zero-order valence-electron chi connectivity index (χ0n) is 13.4. The predicted molar refractivity (Wildman–Crippen MR) is 88.7 cm³/mol. The molecule has 0 aliphatic rings. The van der Waals surface area contributed by atoms with Crippen molar-refractivity contribution in [1.82, 2.24) is 5.32 Å². The van der Waals surface area contributed by atoms with Gasteiger partial charge in [0.05, 0.1) is 11.4 Å². The van der Waals surface area contributed by atoms with Gasteiger partial charge in [0.25, 0.3) is 0 Å². The van der Waals surface area contributed by atoms with E-state index in [1.165, 1.54) is 6.26 Å². The lowest BCUT2D eigenvalue weighted by atomic mass is 10.1. The average molecular weight is 327 g/mol. The average Bonchev–Trinajstić information content (AvgIpc) is 2.43. The van der Waals surface area contributed by atoms with E-state index >= 15 is 0 Å². The smallest absolute Gasteiger partial charge is 0.188 e. The second kappa shape index (κ2) is 8.75. The summed E-state index contributed by atoms with van der Waals surface area (Å²) in [6.45, 7) is 6.27. The van der Waals surface area contributed by atoms with Gasteiger partial charge in [-0.2, -0.15) is 0 Å². The summed E-state index contributed by atoms with van der Waals surface area (Å²) in [5.41, 5.74) is 7.42. The first kappa shape index (κ1) is 18.4. The van der Waals surface area contributed by atoms with Crippen molar-refractivity contribution >= 4 is 15.8 Å². The zero-order valence-corrected chi connectivity index (χ0v) is 14.2. The van der Waals surface area contributed by atoms with Crippen molar-refractivity contribution in [3.05, 3.63) is 29.3 Å². The van der Waals surface area contributed by atoms with E-state index in [1.807, 2.05) is 13.0 Å². The van der Waals surface area contributed by atoms with E-state index in [4.69, 9.17) is 10.5 Å². The molecule has 1 aromatic rings. The number of aryl methyl sites for hydroxylation is 1. The number of guanidine groups is 1. The molecule has 0 saturated carbocycles. The van der Waals surface area contributed by atoms with E-state index in [9.17, 15) is 8.42 Å². The number of sulfone groups is 1. The quantitative estimate of drug-likeness (QED) is 0.425. The van der Waals surface area contributed by atoms with Crippen LogP contribution in [0, 0.1) is 6.92 Å². The fraction of sp³-hybridized carbons (Fsp3) is 0.533. The van der Waals surface area contributed by atoms with E-state index in [0.29, 0.717) is 37.2 Å². The third-order valence-electron chi connectivity index (χ3n) is 3.05. The second-order valence-corrected chi connectivity index (χ2v) is 7.03. The molecule has 22 heavy (non-hydrogen) atoms. The summed E-state index contributed by atoms with van der Waals surface area (Å²) >= 11 is 0. The molecule has 7 heteroatoms. The summed E-state index contributed by atoms with van der Waals surface area (Å²) < 4.78 is 28.3. The molecule has 0 spiro atoms. The molecule has 1 rings (SSSR count). The Hall–Kier alpha value is -1.60. The van der Waals surface area contributed by atoms with Crippen LogP contribution in [0.4, 0.5) is 0 Å². The molecule has 0 aromatic heterocycles. The SMILES string of the molecule is CCOCCCNC(N)=NCc1ccc(S(C)(=O)=O)c(C)c1. The van der Waals surface area contributed by atoms with Crippen LogP contribution in [0.2, 0.25) is 0 Å². The Bertz CT molecular complexity index is 612. The standard InChI is InChI=1S/C15H25N3O3S/c1-4-21-9-5-8-17-15(16)18-11-13-6-7-14(12(2)10-13)22(3,19)20/h6-7,10H,4-5,8-9,11H2,1-3H3,(H3,16,17,18). The maximum Gasteiger partial charge on any atom is 0.188 e. The number of hydrogen-bond acceptors (Lipinski definition) is 4. The molecule has 0 amide bonds. The lowest BCUT2D eigenvalue weighted by Gasteiger charge is -2.07. The number of nitrogens with one attached hydrogen (secondary N) is 1. The highest BCUT2D eigenvalue weighted by Crippen LogP contribution is 2.17. The van der Waals surface area contributed by atoms with Gasteiger partial charge < -0.3 is 15.8 Å². The Morgan fingerprint density at radius 1 is 1.41 bits per heavy atom. The molecule has 6 nitrogen and oxygen atoms in total. The third-order valence-corrected chi connectivity index (χ3v) is 4.30. The minimum absolute atomic E-state index is 0.349. The lowest BCUT2D eigenvalue weighted by Crippen LogP contribution is -2.32. The van der Waals surface area contributed by atoms with Crippen LogP contribution in [0.25, 0.3) is 0 Å². The Morgan fingerprint density at radius 3 is 2.73 bits per heavy atom. The van der Waals surface area contributed by atoms with Gasteiger partial charge >= 0.3 is 0 Å². The maximum atomic E-state index is 11.6. The number of rotatable bonds is 8. The molecule has 0 heterocycles. The van der Waals surface area contributed by atoms with Crippen LogP contribution in [0.15, 0.2) is 28.1 Å². The van der Waals surface area contributed by atoms with Gasteiger partial charge in [-0.15, -0.1) is 0 Å². The Kier molecular flexibility index (Phi) is 7.34. The van der Waals surface area contributed by atoms with Crippen molar-refractivity contribution in [2.24, 2.45) is 10.7 Å². The second-order valence-electron chi connectivity index (χ2n) is 5.05. The highest BCUT2D eigenvalue weighted by atomic mass is 32.2. The van der Waals surface area contributed by atoms with E-state index < -0.39 is 9.84 Å². The van der Waals surface area contributed by atoms with Crippen LogP contribution in [0.5, 0.6) is 0 Å². The molecule has 0 saturated heterocycles. The molecular weight excluding hydrogens is 302 g/mol. The van der Waals surface area contributed by atoms with E-state index in [0.717, 1.165) is 17.5 Å². The van der Waals surface area contributed by atoms with Gasteiger partial charge in [0.15, 0.2) is 15.8 Å². The minimum atomic E-state index is -3.19. The molecule has 0 aliphatic heterocycles. The predicted octanol–water partition coefficient (Wildman–Crippen LogP) is 1.23. The van der Waals surface area contributed by atoms with Crippen molar-refractivity contribution in [2.45, 2.75) is 31.7 Å². The van der Waals surface area contributed by atoms with Gasteiger partial charge in [-0.25, -0.2) is 13.4 Å². The van der Waals surface area contributed by atoms with Gasteiger partial charge in [0.1, 0.15) is 0 Å². The van der Waals surface area contributed by atoms with Gasteiger partial charge in [-0.1, -0.05) is 12.1 Å². The van der Waals surface area contributed by atoms with Crippen molar-refractivity contribution < 1.29 is 13.2 Å². The van der Waals surface area contributed by atoms with Crippen LogP contribution < -0.4 is 11.1 Å². The van der Waals surface area contributed by atoms with Gasteiger partial charge in [0.2, 0.25) is 0 Å². The summed E-state index contributed by atoms with van der Waals surface area (Å²) in [5.74, 6) is 0.376. The van der Waals surface area contributed by atoms with E-state index in [2.05, 4.69) is 10.3 Å². The Labute approximate surface area is 132 Å². The molecule has 3 N–H and O–H groups in total. The molecule has 0 radical (unpaired) electrons. The van der Waals surface area contributed by atoms with Gasteiger partial charge in [-0.05, 0) is 37.5 Å². The molecule has 0 aliphatic carbocycles. The topological polar surface area (TPSA) is 93.8 Å². The number of aliphatic imine (C=N–C) groups is 1. The van der Waals surface area contributed by atoms with Crippen LogP contribution in [-0.4, -0.2) is 40.4 Å². The fourth-order valence-electron chi connectivity index (χ4n) is 1.99. The van der Waals surface area contributed by atoms with Gasteiger partial charge in [0, 0.05) is 26.0 Å². The number of hydrogen-bond donors (Lipinski definition) is 2. The van der Waals surface area contributed by atoms with Gasteiger partial charge in [-0.3, -0.25) is 0 Å². The van der Waals surface area contributed by atoms with Crippen molar-refractivity contribution in [1.29, 1.82) is 0 Å². The molecule has 0 bridgehead atoms. The summed E-state index contributed by atoms with van der Waals surface area (Å²) in [4.78, 5) is 4.59. The van der Waals surface area contributed by atoms with Crippen LogP contribution >= 0.6 is 0 Å². The van der Waals surface area contributed by atoms with E-state index in [-0.39, 0.29) is 0 Å². The number of nitrogens with two attached hydrogens (primary N) is 1. The summed E-state index contributed by atoms with van der Waals surface area (Å²) in [7, 11) is -3.19. The third kappa shape index (κ3) is 6.44. The molecule has 124 valence electrons. The summed E-state index contributed by atoms with van der Waals surface area (Å²) in [6.07, 6.45) is 2.07. The number of benzene rings is 1. The monoisotopic (exact) mass is 327 g/mol. The van der Waals surface area contributed by atoms with Crippen molar-refractivity contribution in [3.8, 4) is 0 Å². The van der Waals surface area contributed by atoms with Crippen molar-refractivity contribution in [3.63, 3.8) is 0 Å². The first-order chi connectivity index (χ1) is 10.3. The zero-order chi connectivity index (χ0) is 16.6. The number of nitrogens with zero attached hydrogens (tertiary/aromatic N) is 1. The van der Waals surface area contributed by atoms with Crippen LogP contribution in [0.3, 0.4) is 0 Å². The van der Waals surface area contributed by atoms with E-state index in [1.54, 1.807) is 19.1 Å². The molecule has 0 unspecified atom stereocenters. The van der Waals surface area contributed by atoms with Crippen molar-refractivity contribution in [2.75, 3.05) is 26.0 Å². The highest BCUT2D eigenvalue weighted by Gasteiger charge is 2.10. The lowest BCUT2D eigenvalue weighted by molar-refractivity contribution is 0.145. The largest absolute Gasteiger partial charge is 0.382 e. The summed E-state index contributed by atoms with van der Waals surface area (Å²) in [6, 6.07) is 5.19. The van der Waals surface area contributed by atoms with Crippen LogP contribution in [0.1, 0.15) is 24.5 Å².